The van der Waals surface area contributed by atoms with Crippen molar-refractivity contribution in [1.29, 1.82) is 0 Å². The van der Waals surface area contributed by atoms with Gasteiger partial charge < -0.3 is 20.5 Å². The fourth-order valence-electron chi connectivity index (χ4n) is 2.54. The van der Waals surface area contributed by atoms with Gasteiger partial charge in [-0.3, -0.25) is 9.69 Å². The molecule has 3 N–H and O–H groups in total. The van der Waals surface area contributed by atoms with Crippen LogP contribution in [-0.2, 0) is 0 Å². The minimum atomic E-state index is -1.40. The monoisotopic (exact) mass is 277 g/mol. The van der Waals surface area contributed by atoms with Crippen LogP contribution in [0.3, 0.4) is 0 Å². The third kappa shape index (κ3) is 3.55. The fraction of sp³-hybridized carbons (Fsp3) is 0.429. The second kappa shape index (κ2) is 6.49. The molecule has 3 aliphatic rings. The molecule has 0 spiro atoms. The Hall–Kier alpha value is -1.92. The number of piperazine rings is 3. The maximum Gasteiger partial charge on any atom is 0.249 e. The summed E-state index contributed by atoms with van der Waals surface area (Å²) in [6.07, 6.45) is 0. The highest BCUT2D eigenvalue weighted by Crippen LogP contribution is 2.05. The molecule has 3 aliphatic heterocycles. The van der Waals surface area contributed by atoms with Gasteiger partial charge >= 0.3 is 0 Å². The molecule has 0 aliphatic carbocycles. The summed E-state index contributed by atoms with van der Waals surface area (Å²) in [6, 6.07) is 5.65. The first-order valence-corrected chi connectivity index (χ1v) is 6.74. The molecule has 0 atom stereocenters. The van der Waals surface area contributed by atoms with Crippen LogP contribution in [0.5, 0.6) is 0 Å². The molecule has 4 rings (SSSR count). The van der Waals surface area contributed by atoms with Crippen molar-refractivity contribution in [2.45, 2.75) is 0 Å². The zero-order valence-electron chi connectivity index (χ0n) is 11.3. The van der Waals surface area contributed by atoms with Gasteiger partial charge in [0, 0.05) is 30.8 Å². The van der Waals surface area contributed by atoms with E-state index >= 15 is 0 Å². The normalized spacial score (nSPS) is 23.6. The van der Waals surface area contributed by atoms with Crippen molar-refractivity contribution >= 4 is 11.9 Å². The summed E-state index contributed by atoms with van der Waals surface area (Å²) >= 11 is 0. The van der Waals surface area contributed by atoms with E-state index in [2.05, 4.69) is 4.90 Å². The van der Waals surface area contributed by atoms with E-state index in [0.29, 0.717) is 0 Å². The van der Waals surface area contributed by atoms with E-state index in [1.807, 2.05) is 4.90 Å². The Labute approximate surface area is 117 Å². The highest BCUT2D eigenvalue weighted by atomic mass is 16.4. The number of carboxylic acid groups (broad SMARTS) is 1. The van der Waals surface area contributed by atoms with E-state index < -0.39 is 11.9 Å². The quantitative estimate of drug-likeness (QED) is 0.618. The molecule has 6 heteroatoms. The Morgan fingerprint density at radius 3 is 1.80 bits per heavy atom. The summed E-state index contributed by atoms with van der Waals surface area (Å²) < 4.78 is 0. The molecule has 2 bridgehead atoms. The van der Waals surface area contributed by atoms with Crippen molar-refractivity contribution in [2.75, 3.05) is 39.3 Å². The van der Waals surface area contributed by atoms with Crippen LogP contribution < -0.4 is 15.7 Å². The summed E-state index contributed by atoms with van der Waals surface area (Å²) in [5.74, 6) is -2.17. The zero-order valence-corrected chi connectivity index (χ0v) is 11.3. The number of hydrogen-bond donors (Lipinski definition) is 2. The molecular weight excluding hydrogens is 258 g/mol. The second-order valence-corrected chi connectivity index (χ2v) is 5.04. The summed E-state index contributed by atoms with van der Waals surface area (Å²) in [5, 5.41) is 10.4. The highest BCUT2D eigenvalue weighted by Gasteiger charge is 2.25. The van der Waals surface area contributed by atoms with Crippen LogP contribution in [0.25, 0.3) is 0 Å². The van der Waals surface area contributed by atoms with Gasteiger partial charge in [0.1, 0.15) is 0 Å². The number of rotatable bonds is 2. The molecule has 108 valence electrons. The number of nitrogens with zero attached hydrogens (tertiary/aromatic N) is 1. The Morgan fingerprint density at radius 1 is 1.05 bits per heavy atom. The molecule has 20 heavy (non-hydrogen) atoms. The van der Waals surface area contributed by atoms with Crippen molar-refractivity contribution in [3.8, 4) is 0 Å². The van der Waals surface area contributed by atoms with Gasteiger partial charge in [-0.05, 0) is 6.07 Å². The lowest BCUT2D eigenvalue weighted by Crippen LogP contribution is -3.17. The summed E-state index contributed by atoms with van der Waals surface area (Å²) in [6.45, 7) is 8.28. The number of nitrogens with two attached hydrogens (primary N) is 1. The first-order chi connectivity index (χ1) is 9.58. The molecule has 3 fully saturated rings. The maximum atomic E-state index is 10.7. The lowest BCUT2D eigenvalue weighted by molar-refractivity contribution is -0.914. The van der Waals surface area contributed by atoms with E-state index in [-0.39, 0.29) is 11.1 Å². The molecule has 3 saturated heterocycles. The lowest BCUT2D eigenvalue weighted by Gasteiger charge is -2.38. The van der Waals surface area contributed by atoms with Crippen LogP contribution in [0.15, 0.2) is 24.3 Å². The predicted octanol–water partition coefficient (Wildman–Crippen LogP) is -2.65. The average Bonchev–Trinajstić information content (AvgIpc) is 2.50. The van der Waals surface area contributed by atoms with Gasteiger partial charge in [-0.15, -0.1) is 0 Å². The van der Waals surface area contributed by atoms with E-state index in [9.17, 15) is 14.7 Å². The molecular formula is C14H19N3O3. The number of hydrogen-bond acceptors (Lipinski definition) is 4. The van der Waals surface area contributed by atoms with Crippen molar-refractivity contribution in [1.82, 2.24) is 4.90 Å². The Balaban J connectivity index is 0.000000157. The van der Waals surface area contributed by atoms with Crippen molar-refractivity contribution in [3.05, 3.63) is 35.4 Å². The summed E-state index contributed by atoms with van der Waals surface area (Å²) in [5.41, 5.74) is 4.72. The first-order valence-electron chi connectivity index (χ1n) is 6.74. The average molecular weight is 277 g/mol. The Morgan fingerprint density at radius 2 is 1.55 bits per heavy atom. The number of nitrogens with one attached hydrogen (secondary N) is 1. The molecule has 1 aromatic rings. The Kier molecular flexibility index (Phi) is 4.70. The van der Waals surface area contributed by atoms with E-state index in [0.717, 1.165) is 0 Å². The van der Waals surface area contributed by atoms with Gasteiger partial charge in [0.25, 0.3) is 0 Å². The third-order valence-electron chi connectivity index (χ3n) is 3.76. The smallest absolute Gasteiger partial charge is 0.249 e. The molecule has 6 nitrogen and oxygen atoms in total. The number of aromatic carboxylic acids is 1. The summed E-state index contributed by atoms with van der Waals surface area (Å²) in [7, 11) is 0. The topological polar surface area (TPSA) is 90.9 Å². The standard InChI is InChI=1S/C8H7NO3.C6H12N2/c9-7(10)5-3-1-2-4-6(5)8(11)12;1-2-8-5-3-7(1)4-6-8/h1-4H,(H2,9,10)(H,11,12);1-6H2. The van der Waals surface area contributed by atoms with Crippen LogP contribution in [0.2, 0.25) is 0 Å². The third-order valence-corrected chi connectivity index (χ3v) is 3.76. The van der Waals surface area contributed by atoms with Crippen LogP contribution in [-0.4, -0.2) is 56.0 Å². The SMILES string of the molecule is C1C[NH+]2CCN1CC2.NC(=O)c1ccccc1C(=O)[O-]. The summed E-state index contributed by atoms with van der Waals surface area (Å²) in [4.78, 5) is 25.5. The second-order valence-electron chi connectivity index (χ2n) is 5.04. The number of carbonyl (C=O) groups is 2. The van der Waals surface area contributed by atoms with Gasteiger partial charge in [-0.2, -0.15) is 0 Å². The predicted molar refractivity (Wildman–Crippen MR) is 71.3 cm³/mol. The lowest BCUT2D eigenvalue weighted by atomic mass is 10.1. The number of primary amides is 1. The van der Waals surface area contributed by atoms with Gasteiger partial charge in [0.05, 0.1) is 25.6 Å². The number of benzene rings is 1. The maximum absolute atomic E-state index is 10.7. The first kappa shape index (κ1) is 14.5. The number of carbonyl (C=O) groups excluding carboxylic acids is 2. The zero-order chi connectivity index (χ0) is 14.5. The number of amides is 1. The minimum absolute atomic E-state index is 0.0301. The van der Waals surface area contributed by atoms with Crippen molar-refractivity contribution < 1.29 is 19.6 Å². The van der Waals surface area contributed by atoms with E-state index in [4.69, 9.17) is 5.73 Å². The number of quaternary nitrogens is 1. The van der Waals surface area contributed by atoms with Gasteiger partial charge in [0.2, 0.25) is 5.91 Å². The number of fused-ring (bicyclic) bond motifs is 3. The number of carboxylic acids is 1. The van der Waals surface area contributed by atoms with Crippen LogP contribution in [0.1, 0.15) is 20.7 Å². The van der Waals surface area contributed by atoms with E-state index in [1.165, 1.54) is 63.5 Å². The fourth-order valence-corrected chi connectivity index (χ4v) is 2.54. The van der Waals surface area contributed by atoms with Gasteiger partial charge in [0.15, 0.2) is 0 Å². The van der Waals surface area contributed by atoms with E-state index in [1.54, 1.807) is 0 Å². The Bertz CT molecular complexity index is 440. The molecule has 0 saturated carbocycles. The molecule has 0 radical (unpaired) electrons. The van der Waals surface area contributed by atoms with Crippen LogP contribution in [0, 0.1) is 0 Å². The molecule has 0 unspecified atom stereocenters. The molecule has 3 heterocycles. The van der Waals surface area contributed by atoms with Gasteiger partial charge in [-0.25, -0.2) is 0 Å². The van der Waals surface area contributed by atoms with Crippen molar-refractivity contribution in [3.63, 3.8) is 0 Å². The van der Waals surface area contributed by atoms with Crippen LogP contribution in [0.4, 0.5) is 0 Å². The highest BCUT2D eigenvalue weighted by molar-refractivity contribution is 6.03. The largest absolute Gasteiger partial charge is 0.545 e. The van der Waals surface area contributed by atoms with Crippen molar-refractivity contribution in [2.24, 2.45) is 5.73 Å². The molecule has 0 aromatic heterocycles. The van der Waals surface area contributed by atoms with Gasteiger partial charge in [-0.1, -0.05) is 18.2 Å². The van der Waals surface area contributed by atoms with Crippen LogP contribution >= 0.6 is 0 Å². The minimum Gasteiger partial charge on any atom is -0.545 e. The molecule has 1 aromatic carbocycles. The molecule has 1 amide bonds.